The first kappa shape index (κ1) is 13.2. The van der Waals surface area contributed by atoms with E-state index in [0.717, 1.165) is 22.6 Å². The summed E-state index contributed by atoms with van der Waals surface area (Å²) in [6.07, 6.45) is 0.690. The van der Waals surface area contributed by atoms with Gasteiger partial charge in [0.15, 0.2) is 0 Å². The van der Waals surface area contributed by atoms with Crippen LogP contribution >= 0.6 is 0 Å². The lowest BCUT2D eigenvalue weighted by Gasteiger charge is -2.42. The van der Waals surface area contributed by atoms with Gasteiger partial charge in [0.05, 0.1) is 27.4 Å². The van der Waals surface area contributed by atoms with Crippen LogP contribution in [0.25, 0.3) is 0 Å². The van der Waals surface area contributed by atoms with Crippen molar-refractivity contribution in [3.8, 4) is 11.5 Å². The molecular weight excluding hydrogens is 232 g/mol. The highest BCUT2D eigenvalue weighted by Gasteiger charge is 2.42. The van der Waals surface area contributed by atoms with Gasteiger partial charge in [-0.3, -0.25) is 0 Å². The first-order valence-corrected chi connectivity index (χ1v) is 6.09. The number of aliphatic hydroxyl groups excluding tert-OH is 1. The molecule has 1 saturated heterocycles. The molecule has 1 aromatic rings. The van der Waals surface area contributed by atoms with Crippen molar-refractivity contribution in [1.29, 1.82) is 0 Å². The molecule has 0 saturated carbocycles. The maximum Gasteiger partial charge on any atom is 0.129 e. The fourth-order valence-electron chi connectivity index (χ4n) is 2.57. The molecule has 1 aliphatic heterocycles. The van der Waals surface area contributed by atoms with Gasteiger partial charge in [0.2, 0.25) is 0 Å². The number of hydrogen-bond acceptors (Lipinski definition) is 4. The topological polar surface area (TPSA) is 47.9 Å². The summed E-state index contributed by atoms with van der Waals surface area (Å²) in [6.45, 7) is 3.40. The smallest absolute Gasteiger partial charge is 0.129 e. The average molecular weight is 252 g/mol. The molecular formula is C14H20O4. The molecule has 1 aliphatic rings. The number of ether oxygens (including phenoxy) is 3. The minimum absolute atomic E-state index is 0.114. The molecule has 0 radical (unpaired) electrons. The number of aliphatic hydroxyl groups is 1. The lowest BCUT2D eigenvalue weighted by atomic mass is 9.75. The van der Waals surface area contributed by atoms with Crippen molar-refractivity contribution < 1.29 is 19.3 Å². The van der Waals surface area contributed by atoms with Crippen molar-refractivity contribution in [2.24, 2.45) is 0 Å². The summed E-state index contributed by atoms with van der Waals surface area (Å²) in [5, 5.41) is 9.24. The summed E-state index contributed by atoms with van der Waals surface area (Å²) in [5.41, 5.74) is 1.97. The van der Waals surface area contributed by atoms with Crippen molar-refractivity contribution in [3.05, 3.63) is 23.3 Å². The van der Waals surface area contributed by atoms with Crippen LogP contribution in [0.1, 0.15) is 17.5 Å². The molecule has 0 unspecified atom stereocenters. The van der Waals surface area contributed by atoms with Crippen LogP contribution < -0.4 is 9.47 Å². The first-order valence-electron chi connectivity index (χ1n) is 6.09. The van der Waals surface area contributed by atoms with E-state index in [1.165, 1.54) is 0 Å². The van der Waals surface area contributed by atoms with Crippen molar-refractivity contribution >= 4 is 0 Å². The van der Waals surface area contributed by atoms with Crippen LogP contribution in [0.2, 0.25) is 0 Å². The minimum atomic E-state index is -0.114. The largest absolute Gasteiger partial charge is 0.496 e. The first-order chi connectivity index (χ1) is 8.68. The molecule has 0 aliphatic carbocycles. The summed E-state index contributed by atoms with van der Waals surface area (Å²) >= 11 is 0. The van der Waals surface area contributed by atoms with Crippen molar-refractivity contribution in [3.63, 3.8) is 0 Å². The fraction of sp³-hybridized carbons (Fsp3) is 0.571. The van der Waals surface area contributed by atoms with E-state index in [0.29, 0.717) is 19.6 Å². The van der Waals surface area contributed by atoms with Crippen LogP contribution in [0.3, 0.4) is 0 Å². The molecule has 0 aromatic heterocycles. The molecule has 1 N–H and O–H groups in total. The number of rotatable bonds is 5. The Balaban J connectivity index is 2.47. The van der Waals surface area contributed by atoms with Gasteiger partial charge in [-0.05, 0) is 19.4 Å². The Morgan fingerprint density at radius 1 is 1.28 bits per heavy atom. The van der Waals surface area contributed by atoms with Crippen molar-refractivity contribution in [1.82, 2.24) is 0 Å². The van der Waals surface area contributed by atoms with E-state index in [4.69, 9.17) is 14.2 Å². The third-order valence-electron chi connectivity index (χ3n) is 3.70. The van der Waals surface area contributed by atoms with E-state index < -0.39 is 0 Å². The van der Waals surface area contributed by atoms with E-state index in [-0.39, 0.29) is 12.0 Å². The van der Waals surface area contributed by atoms with Crippen LogP contribution in [0, 0.1) is 6.92 Å². The Morgan fingerprint density at radius 2 is 2.00 bits per heavy atom. The van der Waals surface area contributed by atoms with E-state index >= 15 is 0 Å². The van der Waals surface area contributed by atoms with E-state index in [1.54, 1.807) is 14.2 Å². The quantitative estimate of drug-likeness (QED) is 0.866. The summed E-state index contributed by atoms with van der Waals surface area (Å²) in [5.74, 6) is 1.65. The van der Waals surface area contributed by atoms with Gasteiger partial charge in [-0.15, -0.1) is 0 Å². The summed E-state index contributed by atoms with van der Waals surface area (Å²) in [7, 11) is 3.31. The Labute approximate surface area is 107 Å². The Kier molecular flexibility index (Phi) is 3.78. The summed E-state index contributed by atoms with van der Waals surface area (Å²) < 4.78 is 16.2. The van der Waals surface area contributed by atoms with Gasteiger partial charge in [-0.1, -0.05) is 6.07 Å². The van der Waals surface area contributed by atoms with Crippen LogP contribution in [0.5, 0.6) is 11.5 Å². The van der Waals surface area contributed by atoms with Gasteiger partial charge < -0.3 is 19.3 Å². The minimum Gasteiger partial charge on any atom is -0.496 e. The van der Waals surface area contributed by atoms with E-state index in [9.17, 15) is 5.11 Å². The Morgan fingerprint density at radius 3 is 2.44 bits per heavy atom. The van der Waals surface area contributed by atoms with Gasteiger partial charge in [0.1, 0.15) is 11.5 Å². The summed E-state index contributed by atoms with van der Waals surface area (Å²) in [6, 6.07) is 3.97. The lowest BCUT2D eigenvalue weighted by Crippen LogP contribution is -2.47. The van der Waals surface area contributed by atoms with Gasteiger partial charge in [-0.25, -0.2) is 0 Å². The molecule has 0 bridgehead atoms. The van der Waals surface area contributed by atoms with Crippen LogP contribution in [-0.4, -0.2) is 39.1 Å². The molecule has 1 aromatic carbocycles. The zero-order valence-corrected chi connectivity index (χ0v) is 11.2. The Hall–Kier alpha value is -1.26. The second-order valence-corrected chi connectivity index (χ2v) is 4.72. The second-order valence-electron chi connectivity index (χ2n) is 4.72. The molecule has 2 rings (SSSR count). The number of hydrogen-bond donors (Lipinski definition) is 1. The normalized spacial score (nSPS) is 17.1. The molecule has 100 valence electrons. The zero-order valence-electron chi connectivity index (χ0n) is 11.2. The maximum absolute atomic E-state index is 9.24. The molecule has 4 heteroatoms. The van der Waals surface area contributed by atoms with Crippen molar-refractivity contribution in [2.75, 3.05) is 34.0 Å². The molecule has 0 amide bonds. The predicted molar refractivity (Wildman–Crippen MR) is 68.5 cm³/mol. The van der Waals surface area contributed by atoms with Gasteiger partial charge in [-0.2, -0.15) is 0 Å². The van der Waals surface area contributed by atoms with E-state index in [1.807, 2.05) is 19.1 Å². The van der Waals surface area contributed by atoms with E-state index in [2.05, 4.69) is 0 Å². The highest BCUT2D eigenvalue weighted by atomic mass is 16.5. The van der Waals surface area contributed by atoms with Crippen molar-refractivity contribution in [2.45, 2.75) is 18.8 Å². The molecule has 18 heavy (non-hydrogen) atoms. The van der Waals surface area contributed by atoms with Gasteiger partial charge in [0.25, 0.3) is 0 Å². The lowest BCUT2D eigenvalue weighted by molar-refractivity contribution is -0.0710. The maximum atomic E-state index is 9.24. The van der Waals surface area contributed by atoms with Gasteiger partial charge >= 0.3 is 0 Å². The van der Waals surface area contributed by atoms with Crippen LogP contribution in [-0.2, 0) is 10.2 Å². The number of methoxy groups -OCH3 is 2. The molecule has 1 heterocycles. The third-order valence-corrected chi connectivity index (χ3v) is 3.70. The SMILES string of the molecule is COc1ccc(C2(CCO)COC2)c(OC)c1C. The average Bonchev–Trinajstić information content (AvgIpc) is 2.33. The van der Waals surface area contributed by atoms with Gasteiger partial charge in [0, 0.05) is 23.1 Å². The zero-order chi connectivity index (χ0) is 13.2. The number of benzene rings is 1. The summed E-state index contributed by atoms with van der Waals surface area (Å²) in [4.78, 5) is 0. The monoisotopic (exact) mass is 252 g/mol. The molecule has 4 nitrogen and oxygen atoms in total. The molecule has 0 spiro atoms. The predicted octanol–water partition coefficient (Wildman–Crippen LogP) is 1.66. The standard InChI is InChI=1S/C14H20O4/c1-10-12(16-2)5-4-11(13(10)17-3)14(6-7-15)8-18-9-14/h4-5,15H,6-9H2,1-3H3. The molecule has 0 atom stereocenters. The second kappa shape index (κ2) is 5.16. The highest BCUT2D eigenvalue weighted by Crippen LogP contribution is 2.43. The fourth-order valence-corrected chi connectivity index (χ4v) is 2.57. The van der Waals surface area contributed by atoms with Crippen LogP contribution in [0.4, 0.5) is 0 Å². The van der Waals surface area contributed by atoms with Crippen LogP contribution in [0.15, 0.2) is 12.1 Å². The third kappa shape index (κ3) is 1.95. The molecule has 1 fully saturated rings. The Bertz CT molecular complexity index is 424. The highest BCUT2D eigenvalue weighted by molar-refractivity contribution is 5.53.